The minimum absolute atomic E-state index is 0.0282. The van der Waals surface area contributed by atoms with Crippen LogP contribution in [0.1, 0.15) is 26.2 Å². The monoisotopic (exact) mass is 294 g/mol. The second-order valence-electron chi connectivity index (χ2n) is 4.57. The summed E-state index contributed by atoms with van der Waals surface area (Å²) in [6, 6.07) is 0. The Hall–Kier alpha value is -0.660. The van der Waals surface area contributed by atoms with Crippen molar-refractivity contribution in [2.75, 3.05) is 46.7 Å². The number of nitrogens with zero attached hydrogens (tertiary/aromatic N) is 2. The molecular weight excluding hydrogens is 268 g/mol. The molecule has 0 aliphatic heterocycles. The van der Waals surface area contributed by atoms with Gasteiger partial charge in [-0.3, -0.25) is 4.79 Å². The lowest BCUT2D eigenvalue weighted by atomic mass is 10.3. The molecule has 0 aromatic carbocycles. The van der Waals surface area contributed by atoms with Crippen molar-refractivity contribution in [1.29, 1.82) is 0 Å². The first-order chi connectivity index (χ1) is 8.82. The molecule has 19 heavy (non-hydrogen) atoms. The largest absolute Gasteiger partial charge is 0.383 e. The highest BCUT2D eigenvalue weighted by Gasteiger charge is 2.18. The Morgan fingerprint density at radius 1 is 1.21 bits per heavy atom. The Bertz CT molecular complexity index is 357. The lowest BCUT2D eigenvalue weighted by molar-refractivity contribution is -0.130. The van der Waals surface area contributed by atoms with E-state index >= 15 is 0 Å². The van der Waals surface area contributed by atoms with Crippen molar-refractivity contribution in [2.45, 2.75) is 26.2 Å². The Balaban J connectivity index is 4.27. The van der Waals surface area contributed by atoms with Crippen LogP contribution in [0.25, 0.3) is 0 Å². The fourth-order valence-corrected chi connectivity index (χ4v) is 2.40. The fraction of sp³-hybridized carbons (Fsp3) is 0.917. The zero-order valence-electron chi connectivity index (χ0n) is 12.4. The summed E-state index contributed by atoms with van der Waals surface area (Å²) in [5.74, 6) is -0.0282. The van der Waals surface area contributed by atoms with E-state index < -0.39 is 10.0 Å². The molecule has 0 fully saturated rings. The molecule has 0 heterocycles. The first kappa shape index (κ1) is 18.3. The second-order valence-corrected chi connectivity index (χ2v) is 6.56. The number of rotatable bonds is 10. The van der Waals surface area contributed by atoms with Gasteiger partial charge in [-0.1, -0.05) is 13.3 Å². The van der Waals surface area contributed by atoms with E-state index in [9.17, 15) is 13.2 Å². The van der Waals surface area contributed by atoms with E-state index in [4.69, 9.17) is 4.74 Å². The molecule has 0 aliphatic rings. The number of hydrogen-bond donors (Lipinski definition) is 0. The van der Waals surface area contributed by atoms with Crippen molar-refractivity contribution in [3.05, 3.63) is 0 Å². The second kappa shape index (κ2) is 9.28. The van der Waals surface area contributed by atoms with Gasteiger partial charge in [-0.15, -0.1) is 0 Å². The Kier molecular flexibility index (Phi) is 8.95. The molecule has 0 unspecified atom stereocenters. The van der Waals surface area contributed by atoms with Gasteiger partial charge in [-0.2, -0.15) is 4.31 Å². The highest BCUT2D eigenvalue weighted by atomic mass is 32.2. The highest BCUT2D eigenvalue weighted by molar-refractivity contribution is 7.88. The molecule has 0 atom stereocenters. The van der Waals surface area contributed by atoms with Crippen molar-refractivity contribution in [3.8, 4) is 0 Å². The summed E-state index contributed by atoms with van der Waals surface area (Å²) in [5.41, 5.74) is 0. The van der Waals surface area contributed by atoms with Gasteiger partial charge in [0.15, 0.2) is 0 Å². The lowest BCUT2D eigenvalue weighted by Crippen LogP contribution is -2.37. The predicted molar refractivity (Wildman–Crippen MR) is 75.5 cm³/mol. The van der Waals surface area contributed by atoms with Crippen LogP contribution in [0.5, 0.6) is 0 Å². The van der Waals surface area contributed by atoms with E-state index in [1.807, 2.05) is 0 Å². The maximum Gasteiger partial charge on any atom is 0.223 e. The third-order valence-corrected chi connectivity index (χ3v) is 4.16. The molecule has 0 saturated carbocycles. The number of amides is 1. The van der Waals surface area contributed by atoms with Crippen LogP contribution >= 0.6 is 0 Å². The van der Waals surface area contributed by atoms with E-state index in [1.54, 1.807) is 11.9 Å². The SMILES string of the molecule is CCCCN(C)C(=O)CCN(CCOC)S(C)(=O)=O. The number of sulfonamides is 1. The number of hydrogen-bond acceptors (Lipinski definition) is 4. The molecule has 0 radical (unpaired) electrons. The molecule has 7 heteroatoms. The van der Waals surface area contributed by atoms with Crippen molar-refractivity contribution >= 4 is 15.9 Å². The molecule has 0 aliphatic carbocycles. The molecule has 6 nitrogen and oxygen atoms in total. The summed E-state index contributed by atoms with van der Waals surface area (Å²) >= 11 is 0. The summed E-state index contributed by atoms with van der Waals surface area (Å²) in [4.78, 5) is 13.5. The van der Waals surface area contributed by atoms with Crippen molar-refractivity contribution in [3.63, 3.8) is 0 Å². The topological polar surface area (TPSA) is 66.9 Å². The smallest absolute Gasteiger partial charge is 0.223 e. The molecule has 0 N–H and O–H groups in total. The lowest BCUT2D eigenvalue weighted by Gasteiger charge is -2.21. The fourth-order valence-electron chi connectivity index (χ4n) is 1.57. The van der Waals surface area contributed by atoms with Crippen LogP contribution in [0.2, 0.25) is 0 Å². The average Bonchev–Trinajstić information content (AvgIpc) is 2.33. The minimum Gasteiger partial charge on any atom is -0.383 e. The standard InChI is InChI=1S/C12H26N2O4S/c1-5-6-8-13(2)12(15)7-9-14(10-11-18-3)19(4,16)17/h5-11H2,1-4H3. The number of ether oxygens (including phenoxy) is 1. The van der Waals surface area contributed by atoms with Gasteiger partial charge in [0.05, 0.1) is 12.9 Å². The predicted octanol–water partition coefficient (Wildman–Crippen LogP) is 0.543. The summed E-state index contributed by atoms with van der Waals surface area (Å²) in [7, 11) is -0.0269. The minimum atomic E-state index is -3.29. The van der Waals surface area contributed by atoms with E-state index in [-0.39, 0.29) is 25.4 Å². The van der Waals surface area contributed by atoms with Crippen LogP contribution in [0, 0.1) is 0 Å². The van der Waals surface area contributed by atoms with Gasteiger partial charge in [-0.05, 0) is 6.42 Å². The van der Waals surface area contributed by atoms with Crippen molar-refractivity contribution in [1.82, 2.24) is 9.21 Å². The molecule has 0 aromatic rings. The van der Waals surface area contributed by atoms with Crippen LogP contribution in [-0.2, 0) is 19.6 Å². The van der Waals surface area contributed by atoms with Gasteiger partial charge in [0.2, 0.25) is 15.9 Å². The van der Waals surface area contributed by atoms with Gasteiger partial charge < -0.3 is 9.64 Å². The van der Waals surface area contributed by atoms with E-state index in [1.165, 1.54) is 11.4 Å². The molecule has 0 saturated heterocycles. The quantitative estimate of drug-likeness (QED) is 0.590. The average molecular weight is 294 g/mol. The van der Waals surface area contributed by atoms with Gasteiger partial charge >= 0.3 is 0 Å². The molecular formula is C12H26N2O4S. The number of carbonyl (C=O) groups excluding carboxylic acids is 1. The molecule has 0 spiro atoms. The zero-order chi connectivity index (χ0) is 14.9. The number of methoxy groups -OCH3 is 1. The summed E-state index contributed by atoms with van der Waals surface area (Å²) in [5, 5.41) is 0. The van der Waals surface area contributed by atoms with Crippen LogP contribution < -0.4 is 0 Å². The van der Waals surface area contributed by atoms with Crippen LogP contribution in [-0.4, -0.2) is 70.2 Å². The van der Waals surface area contributed by atoms with Crippen molar-refractivity contribution < 1.29 is 17.9 Å². The van der Waals surface area contributed by atoms with Crippen molar-refractivity contribution in [2.24, 2.45) is 0 Å². The van der Waals surface area contributed by atoms with Gasteiger partial charge in [0.1, 0.15) is 0 Å². The summed E-state index contributed by atoms with van der Waals surface area (Å²) in [6.45, 7) is 3.59. The van der Waals surface area contributed by atoms with E-state index in [0.717, 1.165) is 19.1 Å². The van der Waals surface area contributed by atoms with Crippen LogP contribution in [0.4, 0.5) is 0 Å². The first-order valence-electron chi connectivity index (χ1n) is 6.51. The van der Waals surface area contributed by atoms with Crippen LogP contribution in [0.15, 0.2) is 0 Å². The Labute approximate surface area is 116 Å². The summed E-state index contributed by atoms with van der Waals surface area (Å²) in [6.07, 6.45) is 3.34. The van der Waals surface area contributed by atoms with Gasteiger partial charge in [-0.25, -0.2) is 8.42 Å². The third-order valence-electron chi connectivity index (χ3n) is 2.86. The maximum absolute atomic E-state index is 11.8. The molecule has 0 rings (SSSR count). The maximum atomic E-state index is 11.8. The molecule has 0 aromatic heterocycles. The first-order valence-corrected chi connectivity index (χ1v) is 8.35. The number of carbonyl (C=O) groups is 1. The number of unbranched alkanes of at least 4 members (excludes halogenated alkanes) is 1. The normalized spacial score (nSPS) is 11.8. The summed E-state index contributed by atoms with van der Waals surface area (Å²) < 4.78 is 29.2. The third kappa shape index (κ3) is 8.18. The van der Waals surface area contributed by atoms with Crippen LogP contribution in [0.3, 0.4) is 0 Å². The van der Waals surface area contributed by atoms with E-state index in [2.05, 4.69) is 6.92 Å². The highest BCUT2D eigenvalue weighted by Crippen LogP contribution is 2.02. The molecule has 0 bridgehead atoms. The zero-order valence-corrected chi connectivity index (χ0v) is 13.2. The molecule has 1 amide bonds. The van der Waals surface area contributed by atoms with E-state index in [0.29, 0.717) is 13.2 Å². The Morgan fingerprint density at radius 3 is 2.32 bits per heavy atom. The molecule has 114 valence electrons. The Morgan fingerprint density at radius 2 is 1.84 bits per heavy atom. The van der Waals surface area contributed by atoms with Gasteiger partial charge in [0.25, 0.3) is 0 Å². The van der Waals surface area contributed by atoms with Gasteiger partial charge in [0, 0.05) is 40.2 Å².